The number of ether oxygens (including phenoxy) is 1. The maximum absolute atomic E-state index is 12.0. The lowest BCUT2D eigenvalue weighted by Crippen LogP contribution is -2.26. The summed E-state index contributed by atoms with van der Waals surface area (Å²) in [5, 5.41) is 0. The van der Waals surface area contributed by atoms with Crippen molar-refractivity contribution in [1.82, 2.24) is 0 Å². The molecule has 16 heavy (non-hydrogen) atoms. The van der Waals surface area contributed by atoms with E-state index < -0.39 is 0 Å². The second kappa shape index (κ2) is 6.93. The van der Waals surface area contributed by atoms with Crippen LogP contribution < -0.4 is 0 Å². The summed E-state index contributed by atoms with van der Waals surface area (Å²) in [6.07, 6.45) is 7.97. The van der Waals surface area contributed by atoms with Crippen LogP contribution in [0.15, 0.2) is 0 Å². The Morgan fingerprint density at radius 1 is 1.25 bits per heavy atom. The molecule has 0 aromatic rings. The van der Waals surface area contributed by atoms with Gasteiger partial charge in [0.15, 0.2) is 0 Å². The minimum absolute atomic E-state index is 0.0445. The summed E-state index contributed by atoms with van der Waals surface area (Å²) in [6, 6.07) is 0. The van der Waals surface area contributed by atoms with Gasteiger partial charge in [-0.2, -0.15) is 0 Å². The average molecular weight is 226 g/mol. The second-order valence-electron chi connectivity index (χ2n) is 5.43. The maximum atomic E-state index is 12.0. The Morgan fingerprint density at radius 2 is 1.88 bits per heavy atom. The molecule has 0 N–H and O–H groups in total. The van der Waals surface area contributed by atoms with Crippen molar-refractivity contribution in [2.75, 3.05) is 0 Å². The van der Waals surface area contributed by atoms with Crippen LogP contribution in [0.2, 0.25) is 0 Å². The summed E-state index contributed by atoms with van der Waals surface area (Å²) in [6.45, 7) is 6.41. The number of hydrogen-bond acceptors (Lipinski definition) is 2. The first-order valence-corrected chi connectivity index (χ1v) is 6.84. The molecule has 0 amide bonds. The minimum atomic E-state index is 0.0445. The first-order chi connectivity index (χ1) is 7.63. The summed E-state index contributed by atoms with van der Waals surface area (Å²) in [5.41, 5.74) is 0. The van der Waals surface area contributed by atoms with Crippen LogP contribution >= 0.6 is 0 Å². The molecule has 1 saturated carbocycles. The number of rotatable bonds is 5. The molecule has 0 aromatic carbocycles. The molecule has 2 nitrogen and oxygen atoms in total. The predicted molar refractivity (Wildman–Crippen MR) is 66.2 cm³/mol. The highest BCUT2D eigenvalue weighted by Gasteiger charge is 2.23. The van der Waals surface area contributed by atoms with E-state index in [1.807, 2.05) is 0 Å². The van der Waals surface area contributed by atoms with Crippen LogP contribution in [-0.2, 0) is 9.53 Å². The summed E-state index contributed by atoms with van der Waals surface area (Å²) < 4.78 is 5.61. The van der Waals surface area contributed by atoms with Crippen molar-refractivity contribution in [3.63, 3.8) is 0 Å². The molecule has 1 unspecified atom stereocenters. The van der Waals surface area contributed by atoms with Gasteiger partial charge in [-0.15, -0.1) is 0 Å². The molecule has 0 bridgehead atoms. The van der Waals surface area contributed by atoms with Gasteiger partial charge < -0.3 is 4.74 Å². The maximum Gasteiger partial charge on any atom is 0.309 e. The molecule has 1 aliphatic carbocycles. The van der Waals surface area contributed by atoms with Crippen molar-refractivity contribution in [3.8, 4) is 0 Å². The van der Waals surface area contributed by atoms with Gasteiger partial charge in [-0.1, -0.05) is 27.2 Å². The van der Waals surface area contributed by atoms with E-state index in [-0.39, 0.29) is 18.0 Å². The number of hydrogen-bond donors (Lipinski definition) is 0. The minimum Gasteiger partial charge on any atom is -0.462 e. The van der Waals surface area contributed by atoms with Gasteiger partial charge in [0.2, 0.25) is 0 Å². The van der Waals surface area contributed by atoms with Crippen LogP contribution in [0.1, 0.15) is 65.7 Å². The van der Waals surface area contributed by atoms with E-state index in [0.29, 0.717) is 5.92 Å². The predicted octanol–water partition coefficient (Wildman–Crippen LogP) is 3.93. The SMILES string of the molecule is CCC(CC(C)C)C(=O)OC1CCCCC1. The van der Waals surface area contributed by atoms with E-state index in [4.69, 9.17) is 4.74 Å². The van der Waals surface area contributed by atoms with E-state index in [0.717, 1.165) is 25.7 Å². The van der Waals surface area contributed by atoms with Crippen LogP contribution in [-0.4, -0.2) is 12.1 Å². The summed E-state index contributed by atoms with van der Waals surface area (Å²) in [5.74, 6) is 0.730. The molecule has 1 aliphatic rings. The van der Waals surface area contributed by atoms with Gasteiger partial charge >= 0.3 is 5.97 Å². The Balaban J connectivity index is 2.35. The zero-order valence-electron chi connectivity index (χ0n) is 11.0. The molecule has 0 aliphatic heterocycles. The normalized spacial score (nSPS) is 19.8. The molecule has 1 atom stereocenters. The molecule has 1 fully saturated rings. The Bertz CT molecular complexity index is 205. The van der Waals surface area contributed by atoms with E-state index in [1.165, 1.54) is 19.3 Å². The monoisotopic (exact) mass is 226 g/mol. The van der Waals surface area contributed by atoms with Gasteiger partial charge in [0.1, 0.15) is 6.10 Å². The van der Waals surface area contributed by atoms with Crippen molar-refractivity contribution in [3.05, 3.63) is 0 Å². The molecule has 0 radical (unpaired) electrons. The Morgan fingerprint density at radius 3 is 2.38 bits per heavy atom. The van der Waals surface area contributed by atoms with Crippen LogP contribution in [0.4, 0.5) is 0 Å². The molecule has 94 valence electrons. The van der Waals surface area contributed by atoms with Crippen molar-refractivity contribution < 1.29 is 9.53 Å². The lowest BCUT2D eigenvalue weighted by Gasteiger charge is -2.24. The Labute approximate surface area is 99.8 Å². The van der Waals surface area contributed by atoms with Crippen LogP contribution in [0.5, 0.6) is 0 Å². The number of carbonyl (C=O) groups is 1. The third kappa shape index (κ3) is 4.54. The number of esters is 1. The summed E-state index contributed by atoms with van der Waals surface area (Å²) in [4.78, 5) is 12.0. The molecular formula is C14H26O2. The Kier molecular flexibility index (Phi) is 5.86. The fraction of sp³-hybridized carbons (Fsp3) is 0.929. The van der Waals surface area contributed by atoms with Gasteiger partial charge in [0.05, 0.1) is 5.92 Å². The van der Waals surface area contributed by atoms with Crippen molar-refractivity contribution in [1.29, 1.82) is 0 Å². The largest absolute Gasteiger partial charge is 0.462 e. The van der Waals surface area contributed by atoms with Crippen LogP contribution in [0.3, 0.4) is 0 Å². The van der Waals surface area contributed by atoms with Gasteiger partial charge in [0.25, 0.3) is 0 Å². The molecule has 1 rings (SSSR count). The first kappa shape index (κ1) is 13.5. The first-order valence-electron chi connectivity index (χ1n) is 6.84. The van der Waals surface area contributed by atoms with Gasteiger partial charge in [-0.05, 0) is 44.4 Å². The van der Waals surface area contributed by atoms with Gasteiger partial charge in [-0.3, -0.25) is 4.79 Å². The van der Waals surface area contributed by atoms with Crippen molar-refractivity contribution in [2.24, 2.45) is 11.8 Å². The zero-order chi connectivity index (χ0) is 12.0. The van der Waals surface area contributed by atoms with E-state index >= 15 is 0 Å². The summed E-state index contributed by atoms with van der Waals surface area (Å²) in [7, 11) is 0. The Hall–Kier alpha value is -0.530. The molecular weight excluding hydrogens is 200 g/mol. The zero-order valence-corrected chi connectivity index (χ0v) is 11.0. The fourth-order valence-corrected chi connectivity index (χ4v) is 2.44. The fourth-order valence-electron chi connectivity index (χ4n) is 2.44. The third-order valence-corrected chi connectivity index (χ3v) is 3.42. The highest BCUT2D eigenvalue weighted by molar-refractivity contribution is 5.72. The molecule has 0 saturated heterocycles. The highest BCUT2D eigenvalue weighted by Crippen LogP contribution is 2.23. The van der Waals surface area contributed by atoms with Crippen LogP contribution in [0, 0.1) is 11.8 Å². The van der Waals surface area contributed by atoms with Crippen molar-refractivity contribution in [2.45, 2.75) is 71.8 Å². The van der Waals surface area contributed by atoms with Crippen molar-refractivity contribution >= 4 is 5.97 Å². The van der Waals surface area contributed by atoms with Crippen LogP contribution in [0.25, 0.3) is 0 Å². The lowest BCUT2D eigenvalue weighted by atomic mass is 9.94. The third-order valence-electron chi connectivity index (χ3n) is 3.42. The molecule has 0 spiro atoms. The second-order valence-corrected chi connectivity index (χ2v) is 5.43. The van der Waals surface area contributed by atoms with Gasteiger partial charge in [0, 0.05) is 0 Å². The molecule has 0 heterocycles. The highest BCUT2D eigenvalue weighted by atomic mass is 16.5. The number of carbonyl (C=O) groups excluding carboxylic acids is 1. The average Bonchev–Trinajstić information content (AvgIpc) is 2.26. The summed E-state index contributed by atoms with van der Waals surface area (Å²) >= 11 is 0. The quantitative estimate of drug-likeness (QED) is 0.664. The van der Waals surface area contributed by atoms with E-state index in [1.54, 1.807) is 0 Å². The topological polar surface area (TPSA) is 26.3 Å². The smallest absolute Gasteiger partial charge is 0.309 e. The van der Waals surface area contributed by atoms with E-state index in [2.05, 4.69) is 20.8 Å². The van der Waals surface area contributed by atoms with E-state index in [9.17, 15) is 4.79 Å². The lowest BCUT2D eigenvalue weighted by molar-refractivity contribution is -0.156. The standard InChI is InChI=1S/C14H26O2/c1-4-12(10-11(2)3)14(15)16-13-8-6-5-7-9-13/h11-13H,4-10H2,1-3H3. The van der Waals surface area contributed by atoms with Gasteiger partial charge in [-0.25, -0.2) is 0 Å². The molecule has 0 aromatic heterocycles. The molecule has 2 heteroatoms.